The Morgan fingerprint density at radius 3 is 2.28 bits per heavy atom. The van der Waals surface area contributed by atoms with Gasteiger partial charge in [-0.1, -0.05) is 18.2 Å². The van der Waals surface area contributed by atoms with Crippen LogP contribution in [0.4, 0.5) is 5.69 Å². The average molecular weight is 418 g/mol. The summed E-state index contributed by atoms with van der Waals surface area (Å²) in [6.45, 7) is 0.00956. The Labute approximate surface area is 169 Å². The van der Waals surface area contributed by atoms with E-state index in [9.17, 15) is 23.1 Å². The summed E-state index contributed by atoms with van der Waals surface area (Å²) in [5, 5.41) is 11.8. The first kappa shape index (κ1) is 20.8. The van der Waals surface area contributed by atoms with Crippen LogP contribution >= 0.6 is 0 Å². The molecule has 154 valence electrons. The monoisotopic (exact) mass is 418 g/mol. The number of nitrogens with zero attached hydrogens (tertiary/aromatic N) is 1. The predicted octanol–water partition coefficient (Wildman–Crippen LogP) is 1.97. The minimum atomic E-state index is -3.58. The van der Waals surface area contributed by atoms with Crippen LogP contribution in [0.2, 0.25) is 0 Å². The van der Waals surface area contributed by atoms with E-state index >= 15 is 0 Å². The number of aromatic hydroxyl groups is 1. The molecule has 9 heteroatoms. The molecule has 0 aromatic heterocycles. The number of anilines is 1. The number of hydrogen-bond acceptors (Lipinski definition) is 6. The zero-order valence-electron chi connectivity index (χ0n) is 15.7. The number of hydrogen-bond donors (Lipinski definition) is 2. The maximum Gasteiger partial charge on any atom is 0.309 e. The van der Waals surface area contributed by atoms with Crippen LogP contribution < -0.4 is 5.32 Å². The van der Waals surface area contributed by atoms with E-state index in [4.69, 9.17) is 4.74 Å². The number of phenols is 1. The lowest BCUT2D eigenvalue weighted by molar-refractivity contribution is -0.152. The summed E-state index contributed by atoms with van der Waals surface area (Å²) in [7, 11) is -3.58. The Kier molecular flexibility index (Phi) is 6.50. The molecule has 29 heavy (non-hydrogen) atoms. The number of sulfonamides is 1. The van der Waals surface area contributed by atoms with E-state index in [0.717, 1.165) is 0 Å². The number of ether oxygens (including phenoxy) is 1. The van der Waals surface area contributed by atoms with Crippen molar-refractivity contribution in [3.05, 3.63) is 54.6 Å². The van der Waals surface area contributed by atoms with Gasteiger partial charge in [-0.25, -0.2) is 8.42 Å². The van der Waals surface area contributed by atoms with E-state index < -0.39 is 34.4 Å². The third-order valence-electron chi connectivity index (χ3n) is 4.66. The Morgan fingerprint density at radius 1 is 1.03 bits per heavy atom. The summed E-state index contributed by atoms with van der Waals surface area (Å²) in [6, 6.07) is 14.1. The number of benzene rings is 2. The normalized spacial score (nSPS) is 15.6. The molecular weight excluding hydrogens is 396 g/mol. The Hall–Kier alpha value is -2.91. The summed E-state index contributed by atoms with van der Waals surface area (Å²) < 4.78 is 31.7. The van der Waals surface area contributed by atoms with Crippen molar-refractivity contribution in [1.82, 2.24) is 4.31 Å². The highest BCUT2D eigenvalue weighted by atomic mass is 32.2. The van der Waals surface area contributed by atoms with Gasteiger partial charge < -0.3 is 15.2 Å². The van der Waals surface area contributed by atoms with E-state index in [1.165, 1.54) is 28.6 Å². The average Bonchev–Trinajstić information content (AvgIpc) is 2.74. The quantitative estimate of drug-likeness (QED) is 0.548. The summed E-state index contributed by atoms with van der Waals surface area (Å²) in [5.74, 6) is -1.37. The van der Waals surface area contributed by atoms with Gasteiger partial charge in [0.25, 0.3) is 5.91 Å². The molecule has 0 atom stereocenters. The minimum absolute atomic E-state index is 0.0787. The molecule has 0 saturated carbocycles. The first-order chi connectivity index (χ1) is 13.9. The standard InChI is InChI=1S/C20H22N2O6S/c23-17-8-6-16(7-9-17)21-19(24)14-28-20(25)15-10-12-22(13-11-15)29(26,27)18-4-2-1-3-5-18/h1-9,15,23H,10-14H2,(H,21,24). The highest BCUT2D eigenvalue weighted by molar-refractivity contribution is 7.89. The van der Waals surface area contributed by atoms with E-state index in [-0.39, 0.29) is 23.7 Å². The predicted molar refractivity (Wildman–Crippen MR) is 106 cm³/mol. The van der Waals surface area contributed by atoms with Gasteiger partial charge in [0.05, 0.1) is 10.8 Å². The fraction of sp³-hybridized carbons (Fsp3) is 0.300. The molecule has 0 aliphatic carbocycles. The Balaban J connectivity index is 1.46. The van der Waals surface area contributed by atoms with Crippen LogP contribution in [0.3, 0.4) is 0 Å². The molecule has 1 aliphatic heterocycles. The Morgan fingerprint density at radius 2 is 1.66 bits per heavy atom. The van der Waals surface area contributed by atoms with Crippen molar-refractivity contribution in [3.63, 3.8) is 0 Å². The molecule has 3 rings (SSSR count). The van der Waals surface area contributed by atoms with Gasteiger partial charge in [0.2, 0.25) is 10.0 Å². The van der Waals surface area contributed by atoms with Gasteiger partial charge in [0, 0.05) is 18.8 Å². The van der Waals surface area contributed by atoms with Crippen LogP contribution in [0.5, 0.6) is 5.75 Å². The van der Waals surface area contributed by atoms with Crippen molar-refractivity contribution in [3.8, 4) is 5.75 Å². The molecule has 1 aliphatic rings. The molecule has 1 amide bonds. The van der Waals surface area contributed by atoms with Crippen LogP contribution in [0.1, 0.15) is 12.8 Å². The van der Waals surface area contributed by atoms with Crippen molar-refractivity contribution >= 4 is 27.6 Å². The number of amides is 1. The number of rotatable bonds is 6. The fourth-order valence-electron chi connectivity index (χ4n) is 3.07. The van der Waals surface area contributed by atoms with E-state index in [1.54, 1.807) is 30.3 Å². The van der Waals surface area contributed by atoms with E-state index in [2.05, 4.69) is 5.32 Å². The van der Waals surface area contributed by atoms with Gasteiger partial charge in [0.15, 0.2) is 6.61 Å². The van der Waals surface area contributed by atoms with Crippen LogP contribution in [0.25, 0.3) is 0 Å². The third-order valence-corrected chi connectivity index (χ3v) is 6.58. The summed E-state index contributed by atoms with van der Waals surface area (Å²) in [5.41, 5.74) is 0.475. The maximum absolute atomic E-state index is 12.6. The molecule has 0 radical (unpaired) electrons. The number of piperidine rings is 1. The second kappa shape index (κ2) is 9.06. The molecule has 0 unspecified atom stereocenters. The molecule has 1 fully saturated rings. The lowest BCUT2D eigenvalue weighted by atomic mass is 9.98. The fourth-order valence-corrected chi connectivity index (χ4v) is 4.56. The second-order valence-corrected chi connectivity index (χ2v) is 8.63. The van der Waals surface area contributed by atoms with Crippen LogP contribution in [0.15, 0.2) is 59.5 Å². The molecule has 1 heterocycles. The van der Waals surface area contributed by atoms with Gasteiger partial charge in [-0.15, -0.1) is 0 Å². The van der Waals surface area contributed by atoms with Crippen molar-refractivity contribution < 1.29 is 27.9 Å². The molecular formula is C20H22N2O6S. The second-order valence-electron chi connectivity index (χ2n) is 6.69. The maximum atomic E-state index is 12.6. The smallest absolute Gasteiger partial charge is 0.309 e. The first-order valence-corrected chi connectivity index (χ1v) is 10.6. The summed E-state index contributed by atoms with van der Waals surface area (Å²) >= 11 is 0. The van der Waals surface area contributed by atoms with Gasteiger partial charge in [-0.05, 0) is 49.2 Å². The number of phenolic OH excluding ortho intramolecular Hbond substituents is 1. The molecule has 2 aromatic carbocycles. The topological polar surface area (TPSA) is 113 Å². The number of carbonyl (C=O) groups is 2. The molecule has 2 N–H and O–H groups in total. The zero-order valence-corrected chi connectivity index (χ0v) is 16.5. The van der Waals surface area contributed by atoms with Crippen molar-refractivity contribution in [1.29, 1.82) is 0 Å². The van der Waals surface area contributed by atoms with Crippen LogP contribution in [-0.4, -0.2) is 49.4 Å². The highest BCUT2D eigenvalue weighted by Gasteiger charge is 2.32. The molecule has 0 bridgehead atoms. The highest BCUT2D eigenvalue weighted by Crippen LogP contribution is 2.24. The summed E-state index contributed by atoms with van der Waals surface area (Å²) in [6.07, 6.45) is 0.676. The van der Waals surface area contributed by atoms with Crippen molar-refractivity contribution in [2.75, 3.05) is 25.0 Å². The number of esters is 1. The van der Waals surface area contributed by atoms with Gasteiger partial charge in [-0.3, -0.25) is 9.59 Å². The third kappa shape index (κ3) is 5.33. The minimum Gasteiger partial charge on any atom is -0.508 e. The van der Waals surface area contributed by atoms with Crippen LogP contribution in [0, 0.1) is 5.92 Å². The van der Waals surface area contributed by atoms with Gasteiger partial charge >= 0.3 is 5.97 Å². The van der Waals surface area contributed by atoms with Gasteiger partial charge in [-0.2, -0.15) is 4.31 Å². The van der Waals surface area contributed by atoms with E-state index in [1.807, 2.05) is 0 Å². The number of nitrogens with one attached hydrogen (secondary N) is 1. The zero-order chi connectivity index (χ0) is 20.9. The first-order valence-electron chi connectivity index (χ1n) is 9.17. The lowest BCUT2D eigenvalue weighted by Gasteiger charge is -2.30. The molecule has 0 spiro atoms. The lowest BCUT2D eigenvalue weighted by Crippen LogP contribution is -2.40. The SMILES string of the molecule is O=C(COC(=O)C1CCN(S(=O)(=O)c2ccccc2)CC1)Nc1ccc(O)cc1. The van der Waals surface area contributed by atoms with E-state index in [0.29, 0.717) is 18.5 Å². The number of carbonyl (C=O) groups excluding carboxylic acids is 2. The van der Waals surface area contributed by atoms with Gasteiger partial charge in [0.1, 0.15) is 5.75 Å². The van der Waals surface area contributed by atoms with Crippen molar-refractivity contribution in [2.45, 2.75) is 17.7 Å². The van der Waals surface area contributed by atoms with Crippen LogP contribution in [-0.2, 0) is 24.3 Å². The largest absolute Gasteiger partial charge is 0.508 e. The summed E-state index contributed by atoms with van der Waals surface area (Å²) in [4.78, 5) is 24.3. The Bertz CT molecular complexity index is 952. The molecule has 2 aromatic rings. The molecule has 8 nitrogen and oxygen atoms in total. The molecule has 1 saturated heterocycles. The van der Waals surface area contributed by atoms with Crippen molar-refractivity contribution in [2.24, 2.45) is 5.92 Å².